The van der Waals surface area contributed by atoms with Crippen molar-refractivity contribution < 1.29 is 14.4 Å². The highest BCUT2D eigenvalue weighted by Gasteiger charge is 2.39. The first-order valence-corrected chi connectivity index (χ1v) is 10.6. The molecule has 1 atom stereocenters. The van der Waals surface area contributed by atoms with Gasteiger partial charge in [-0.05, 0) is 43.4 Å². The van der Waals surface area contributed by atoms with Gasteiger partial charge in [-0.25, -0.2) is 0 Å². The van der Waals surface area contributed by atoms with E-state index in [4.69, 9.17) is 5.73 Å². The van der Waals surface area contributed by atoms with Crippen LogP contribution >= 0.6 is 0 Å². The van der Waals surface area contributed by atoms with Crippen LogP contribution in [0.5, 0.6) is 0 Å². The molecule has 0 aromatic heterocycles. The van der Waals surface area contributed by atoms with Gasteiger partial charge in [0.2, 0.25) is 11.8 Å². The summed E-state index contributed by atoms with van der Waals surface area (Å²) in [7, 11) is 0. The Kier molecular flexibility index (Phi) is 7.20. The first-order chi connectivity index (χ1) is 13.6. The van der Waals surface area contributed by atoms with Gasteiger partial charge in [0, 0.05) is 18.5 Å². The molecule has 1 saturated heterocycles. The number of imide groups is 1. The maximum Gasteiger partial charge on any atom is 0.255 e. The van der Waals surface area contributed by atoms with Gasteiger partial charge in [0.25, 0.3) is 5.91 Å². The molecule has 28 heavy (non-hydrogen) atoms. The summed E-state index contributed by atoms with van der Waals surface area (Å²) in [6, 6.07) is 5.47. The van der Waals surface area contributed by atoms with Crippen molar-refractivity contribution in [2.24, 2.45) is 5.73 Å². The molecule has 0 bridgehead atoms. The van der Waals surface area contributed by atoms with Gasteiger partial charge in [0.1, 0.15) is 6.04 Å². The van der Waals surface area contributed by atoms with Gasteiger partial charge < -0.3 is 10.6 Å². The molecule has 2 heterocycles. The van der Waals surface area contributed by atoms with Gasteiger partial charge in [0.05, 0.1) is 0 Å². The van der Waals surface area contributed by atoms with Gasteiger partial charge in [-0.1, -0.05) is 50.3 Å². The van der Waals surface area contributed by atoms with Crippen LogP contribution in [-0.2, 0) is 22.6 Å². The molecule has 0 spiro atoms. The summed E-state index contributed by atoms with van der Waals surface area (Å²) < 4.78 is 0. The molecule has 0 radical (unpaired) electrons. The summed E-state index contributed by atoms with van der Waals surface area (Å²) in [5, 5.41) is 2.36. The van der Waals surface area contributed by atoms with Gasteiger partial charge in [0.15, 0.2) is 0 Å². The zero-order chi connectivity index (χ0) is 19.9. The third-order valence-corrected chi connectivity index (χ3v) is 5.79. The number of piperidine rings is 1. The number of hydrogen-bond acceptors (Lipinski definition) is 4. The minimum atomic E-state index is -0.543. The molecule has 2 aliphatic heterocycles. The number of carbonyl (C=O) groups excluding carboxylic acids is 3. The molecule has 1 aromatic carbocycles. The van der Waals surface area contributed by atoms with E-state index >= 15 is 0 Å². The summed E-state index contributed by atoms with van der Waals surface area (Å²) in [6.45, 7) is 1.23. The van der Waals surface area contributed by atoms with Crippen LogP contribution in [0.3, 0.4) is 0 Å². The van der Waals surface area contributed by atoms with E-state index in [2.05, 4.69) is 5.32 Å². The molecule has 6 heteroatoms. The number of unbranched alkanes of at least 4 members (excludes halogenated alkanes) is 6. The van der Waals surface area contributed by atoms with Crippen LogP contribution < -0.4 is 11.1 Å². The number of hydrogen-bond donors (Lipinski definition) is 2. The molecule has 6 nitrogen and oxygen atoms in total. The second-order valence-electron chi connectivity index (χ2n) is 7.86. The van der Waals surface area contributed by atoms with Crippen LogP contribution in [0.25, 0.3) is 0 Å². The highest BCUT2D eigenvalue weighted by atomic mass is 16.2. The predicted octanol–water partition coefficient (Wildman–Crippen LogP) is 2.68. The van der Waals surface area contributed by atoms with Crippen molar-refractivity contribution in [2.75, 3.05) is 6.54 Å². The topological polar surface area (TPSA) is 92.5 Å². The van der Waals surface area contributed by atoms with Gasteiger partial charge in [-0.15, -0.1) is 0 Å². The molecule has 1 fully saturated rings. The highest BCUT2D eigenvalue weighted by molar-refractivity contribution is 6.05. The van der Waals surface area contributed by atoms with E-state index in [-0.39, 0.29) is 24.1 Å². The maximum atomic E-state index is 13.0. The Morgan fingerprint density at radius 1 is 1.00 bits per heavy atom. The zero-order valence-corrected chi connectivity index (χ0v) is 16.5. The van der Waals surface area contributed by atoms with Crippen LogP contribution in [0.4, 0.5) is 0 Å². The molecule has 0 aliphatic carbocycles. The quantitative estimate of drug-likeness (QED) is 0.478. The number of rotatable bonds is 10. The first-order valence-electron chi connectivity index (χ1n) is 10.6. The molecule has 2 aliphatic rings. The van der Waals surface area contributed by atoms with Crippen LogP contribution in [0.15, 0.2) is 18.2 Å². The second-order valence-corrected chi connectivity index (χ2v) is 7.86. The summed E-state index contributed by atoms with van der Waals surface area (Å²) in [4.78, 5) is 38.2. The fourth-order valence-corrected chi connectivity index (χ4v) is 4.24. The Morgan fingerprint density at radius 3 is 2.43 bits per heavy atom. The Hall–Kier alpha value is -2.21. The average molecular weight is 386 g/mol. The lowest BCUT2D eigenvalue weighted by Gasteiger charge is -2.29. The first kappa shape index (κ1) is 20.5. The van der Waals surface area contributed by atoms with E-state index in [0.29, 0.717) is 13.0 Å². The van der Waals surface area contributed by atoms with Gasteiger partial charge >= 0.3 is 0 Å². The highest BCUT2D eigenvalue weighted by Crippen LogP contribution is 2.30. The van der Waals surface area contributed by atoms with Crippen LogP contribution in [0.2, 0.25) is 0 Å². The largest absolute Gasteiger partial charge is 0.330 e. The molecular weight excluding hydrogens is 354 g/mol. The van der Waals surface area contributed by atoms with Gasteiger partial charge in [-0.2, -0.15) is 0 Å². The minimum absolute atomic E-state index is 0.0677. The summed E-state index contributed by atoms with van der Waals surface area (Å²) in [5.74, 6) is -0.676. The lowest BCUT2D eigenvalue weighted by atomic mass is 9.97. The average Bonchev–Trinajstić information content (AvgIpc) is 3.01. The lowest BCUT2D eigenvalue weighted by molar-refractivity contribution is -0.136. The summed E-state index contributed by atoms with van der Waals surface area (Å²) in [6.07, 6.45) is 9.85. The number of benzene rings is 1. The molecule has 0 saturated carbocycles. The lowest BCUT2D eigenvalue weighted by Crippen LogP contribution is -2.52. The van der Waals surface area contributed by atoms with E-state index in [0.717, 1.165) is 48.9 Å². The smallest absolute Gasteiger partial charge is 0.255 e. The number of nitrogens with two attached hydrogens (primary N) is 1. The van der Waals surface area contributed by atoms with Crippen molar-refractivity contribution in [1.82, 2.24) is 10.2 Å². The molecule has 3 amide bonds. The summed E-state index contributed by atoms with van der Waals surface area (Å²) in [5.41, 5.74) is 8.37. The fraction of sp³-hybridized carbons (Fsp3) is 0.591. The minimum Gasteiger partial charge on any atom is -0.330 e. The third-order valence-electron chi connectivity index (χ3n) is 5.79. The number of carbonyl (C=O) groups is 3. The van der Waals surface area contributed by atoms with Crippen LogP contribution in [0.1, 0.15) is 79.3 Å². The monoisotopic (exact) mass is 385 g/mol. The SMILES string of the molecule is NCCCCCCCCCc1cccc2c1C(=O)N(C1CCC(=O)NC1=O)C2. The standard InChI is InChI=1S/C22H31N3O3/c23-14-7-5-3-1-2-4-6-9-16-10-8-11-17-15-25(22(28)20(16)17)18-12-13-19(26)24-21(18)27/h8,10-11,18H,1-7,9,12-15,23H2,(H,24,26,27). The van der Waals surface area contributed by atoms with Crippen LogP contribution in [0, 0.1) is 0 Å². The van der Waals surface area contributed by atoms with E-state index < -0.39 is 6.04 Å². The van der Waals surface area contributed by atoms with Crippen LogP contribution in [-0.4, -0.2) is 35.2 Å². The number of fused-ring (bicyclic) bond motifs is 1. The molecule has 1 aromatic rings. The Bertz CT molecular complexity index is 732. The predicted molar refractivity (Wildman–Crippen MR) is 108 cm³/mol. The maximum absolute atomic E-state index is 13.0. The number of nitrogens with one attached hydrogen (secondary N) is 1. The molecule has 3 rings (SSSR count). The van der Waals surface area contributed by atoms with Crippen molar-refractivity contribution in [1.29, 1.82) is 0 Å². The summed E-state index contributed by atoms with van der Waals surface area (Å²) >= 11 is 0. The van der Waals surface area contributed by atoms with Crippen molar-refractivity contribution in [2.45, 2.75) is 76.8 Å². The van der Waals surface area contributed by atoms with E-state index in [9.17, 15) is 14.4 Å². The molecular formula is C22H31N3O3. The van der Waals surface area contributed by atoms with E-state index in [1.54, 1.807) is 4.90 Å². The number of nitrogens with zero attached hydrogens (tertiary/aromatic N) is 1. The zero-order valence-electron chi connectivity index (χ0n) is 16.5. The van der Waals surface area contributed by atoms with Gasteiger partial charge in [-0.3, -0.25) is 19.7 Å². The van der Waals surface area contributed by atoms with E-state index in [1.165, 1.54) is 25.7 Å². The van der Waals surface area contributed by atoms with Crippen molar-refractivity contribution in [3.8, 4) is 0 Å². The second kappa shape index (κ2) is 9.82. The third kappa shape index (κ3) is 4.79. The van der Waals surface area contributed by atoms with E-state index in [1.807, 2.05) is 18.2 Å². The molecule has 152 valence electrons. The molecule has 3 N–H and O–H groups in total. The number of aryl methyl sites for hydroxylation is 1. The fourth-order valence-electron chi connectivity index (χ4n) is 4.24. The number of amides is 3. The van der Waals surface area contributed by atoms with Crippen molar-refractivity contribution >= 4 is 17.7 Å². The Morgan fingerprint density at radius 2 is 1.71 bits per heavy atom. The Balaban J connectivity index is 1.54. The molecule has 1 unspecified atom stereocenters. The normalized spacial score (nSPS) is 19.1. The Labute approximate surface area is 166 Å². The van der Waals surface area contributed by atoms with Crippen molar-refractivity contribution in [3.63, 3.8) is 0 Å². The van der Waals surface area contributed by atoms with Crippen molar-refractivity contribution in [3.05, 3.63) is 34.9 Å².